The molecule has 0 unspecified atom stereocenters. The SMILES string of the molecule is CCOC(=O)[C@@]12C[C@H]1/C=C\CCCCC[C@H](NC(=O)OC(C)(C)C)C(=O)N1C[C@H](Oc3nc4ccccc4cc3-c3cccc(Br)c3)C[C@H]1C(=O)N2. The number of ether oxygens (including phenoxy) is 3. The van der Waals surface area contributed by atoms with Crippen molar-refractivity contribution < 1.29 is 33.4 Å². The Labute approximate surface area is 313 Å². The van der Waals surface area contributed by atoms with Gasteiger partial charge >= 0.3 is 12.1 Å². The Kier molecular flexibility index (Phi) is 11.2. The number of rotatable bonds is 6. The molecule has 3 heterocycles. The fourth-order valence-electron chi connectivity index (χ4n) is 7.05. The van der Waals surface area contributed by atoms with Crippen LogP contribution < -0.4 is 15.4 Å². The lowest BCUT2D eigenvalue weighted by atomic mass is 10.0. The Bertz CT molecular complexity index is 1860. The van der Waals surface area contributed by atoms with Gasteiger partial charge in [0.15, 0.2) is 0 Å². The van der Waals surface area contributed by atoms with Crippen molar-refractivity contribution in [2.24, 2.45) is 5.92 Å². The smallest absolute Gasteiger partial charge is 0.408 e. The Hall–Kier alpha value is -4.45. The van der Waals surface area contributed by atoms with Crippen molar-refractivity contribution in [1.82, 2.24) is 20.5 Å². The van der Waals surface area contributed by atoms with E-state index in [0.29, 0.717) is 25.1 Å². The van der Waals surface area contributed by atoms with Gasteiger partial charge < -0.3 is 29.7 Å². The maximum absolute atomic E-state index is 14.5. The molecule has 6 rings (SSSR count). The third-order valence-electron chi connectivity index (χ3n) is 9.67. The normalized spacial score (nSPS) is 25.8. The van der Waals surface area contributed by atoms with Gasteiger partial charge in [0.25, 0.3) is 0 Å². The summed E-state index contributed by atoms with van der Waals surface area (Å²) >= 11 is 3.57. The van der Waals surface area contributed by atoms with Crippen LogP contribution in [0, 0.1) is 5.92 Å². The first kappa shape index (κ1) is 37.3. The van der Waals surface area contributed by atoms with E-state index in [1.54, 1.807) is 27.7 Å². The topological polar surface area (TPSA) is 136 Å². The van der Waals surface area contributed by atoms with Gasteiger partial charge in [-0.15, -0.1) is 0 Å². The predicted octanol–water partition coefficient (Wildman–Crippen LogP) is 6.86. The minimum atomic E-state index is -1.21. The third kappa shape index (κ3) is 8.60. The second kappa shape index (κ2) is 15.7. The number of hydrogen-bond acceptors (Lipinski definition) is 8. The zero-order valence-electron chi connectivity index (χ0n) is 30.2. The first-order valence-corrected chi connectivity index (χ1v) is 18.9. The van der Waals surface area contributed by atoms with Gasteiger partial charge in [0.05, 0.1) is 18.7 Å². The van der Waals surface area contributed by atoms with Gasteiger partial charge in [-0.3, -0.25) is 9.59 Å². The van der Waals surface area contributed by atoms with Crippen LogP contribution in [0.2, 0.25) is 0 Å². The maximum Gasteiger partial charge on any atom is 0.408 e. The van der Waals surface area contributed by atoms with E-state index < -0.39 is 53.2 Å². The van der Waals surface area contributed by atoms with Crippen LogP contribution in [0.4, 0.5) is 4.79 Å². The largest absolute Gasteiger partial charge is 0.472 e. The van der Waals surface area contributed by atoms with Crippen LogP contribution in [0.25, 0.3) is 22.0 Å². The molecule has 0 bridgehead atoms. The maximum atomic E-state index is 14.5. The summed E-state index contributed by atoms with van der Waals surface area (Å²) in [6.07, 6.45) is 6.79. The second-order valence-corrected chi connectivity index (χ2v) is 15.7. The van der Waals surface area contributed by atoms with E-state index in [1.807, 2.05) is 66.7 Å². The summed E-state index contributed by atoms with van der Waals surface area (Å²) in [6, 6.07) is 15.7. The zero-order valence-corrected chi connectivity index (χ0v) is 31.7. The van der Waals surface area contributed by atoms with E-state index in [9.17, 15) is 19.2 Å². The molecule has 5 atom stereocenters. The Balaban J connectivity index is 1.35. The van der Waals surface area contributed by atoms with E-state index in [1.165, 1.54) is 4.90 Å². The molecule has 11 nitrogen and oxygen atoms in total. The predicted molar refractivity (Wildman–Crippen MR) is 200 cm³/mol. The van der Waals surface area contributed by atoms with E-state index >= 15 is 0 Å². The van der Waals surface area contributed by atoms with E-state index in [-0.39, 0.29) is 25.5 Å². The molecule has 12 heteroatoms. The van der Waals surface area contributed by atoms with Gasteiger partial charge in [0.2, 0.25) is 17.7 Å². The molecule has 2 fully saturated rings. The number of carbonyl (C=O) groups is 4. The lowest BCUT2D eigenvalue weighted by molar-refractivity contribution is -0.150. The molecule has 1 aliphatic carbocycles. The number of fused-ring (bicyclic) bond motifs is 3. The number of hydrogen-bond donors (Lipinski definition) is 2. The lowest BCUT2D eigenvalue weighted by Gasteiger charge is -2.30. The summed E-state index contributed by atoms with van der Waals surface area (Å²) in [6.45, 7) is 7.24. The number of aromatic nitrogens is 1. The van der Waals surface area contributed by atoms with Crippen molar-refractivity contribution in [2.75, 3.05) is 13.2 Å². The van der Waals surface area contributed by atoms with Crippen molar-refractivity contribution in [3.63, 3.8) is 0 Å². The van der Waals surface area contributed by atoms with E-state index in [0.717, 1.165) is 45.8 Å². The summed E-state index contributed by atoms with van der Waals surface area (Å²) in [4.78, 5) is 61.5. The minimum Gasteiger partial charge on any atom is -0.472 e. The summed E-state index contributed by atoms with van der Waals surface area (Å²) in [7, 11) is 0. The van der Waals surface area contributed by atoms with Crippen molar-refractivity contribution >= 4 is 50.7 Å². The molecule has 3 aliphatic rings. The number of nitrogens with one attached hydrogen (secondary N) is 2. The molecule has 1 saturated carbocycles. The Morgan fingerprint density at radius 1 is 1.08 bits per heavy atom. The molecular weight excluding hydrogens is 728 g/mol. The highest BCUT2D eigenvalue weighted by Crippen LogP contribution is 2.46. The molecule has 0 radical (unpaired) electrons. The number of amides is 3. The van der Waals surface area contributed by atoms with Crippen LogP contribution in [0.1, 0.15) is 72.6 Å². The van der Waals surface area contributed by atoms with Crippen molar-refractivity contribution in [3.05, 3.63) is 71.2 Å². The highest BCUT2D eigenvalue weighted by Gasteiger charge is 2.62. The molecule has 0 spiro atoms. The van der Waals surface area contributed by atoms with Crippen molar-refractivity contribution in [1.29, 1.82) is 0 Å². The van der Waals surface area contributed by atoms with Gasteiger partial charge in [-0.05, 0) is 83.2 Å². The summed E-state index contributed by atoms with van der Waals surface area (Å²) in [5, 5.41) is 6.74. The summed E-state index contributed by atoms with van der Waals surface area (Å²) < 4.78 is 18.5. The number of halogens is 1. The van der Waals surface area contributed by atoms with Crippen LogP contribution in [0.15, 0.2) is 71.2 Å². The Morgan fingerprint density at radius 3 is 2.65 bits per heavy atom. The summed E-state index contributed by atoms with van der Waals surface area (Å²) in [5.74, 6) is -1.23. The molecule has 2 aromatic carbocycles. The number of nitrogens with zero attached hydrogens (tertiary/aromatic N) is 2. The molecule has 1 saturated heterocycles. The van der Waals surface area contributed by atoms with E-state index in [2.05, 4.69) is 26.6 Å². The van der Waals surface area contributed by atoms with Crippen LogP contribution in [-0.4, -0.2) is 76.2 Å². The molecule has 52 heavy (non-hydrogen) atoms. The van der Waals surface area contributed by atoms with Gasteiger partial charge in [0, 0.05) is 27.8 Å². The average molecular weight is 776 g/mol. The van der Waals surface area contributed by atoms with Crippen molar-refractivity contribution in [2.45, 2.75) is 102 Å². The molecule has 2 N–H and O–H groups in total. The number of benzene rings is 2. The van der Waals surface area contributed by atoms with Crippen molar-refractivity contribution in [3.8, 4) is 17.0 Å². The minimum absolute atomic E-state index is 0.0611. The van der Waals surface area contributed by atoms with Crippen LogP contribution in [0.3, 0.4) is 0 Å². The molecule has 3 amide bonds. The van der Waals surface area contributed by atoms with E-state index in [4.69, 9.17) is 19.2 Å². The fraction of sp³-hybridized carbons (Fsp3) is 0.475. The van der Waals surface area contributed by atoms with Gasteiger partial charge in [-0.1, -0.05) is 71.3 Å². The molecule has 2 aliphatic heterocycles. The van der Waals surface area contributed by atoms with Crippen LogP contribution in [-0.2, 0) is 23.9 Å². The third-order valence-corrected chi connectivity index (χ3v) is 10.2. The van der Waals surface area contributed by atoms with Crippen LogP contribution in [0.5, 0.6) is 5.88 Å². The molecular formula is C40H47BrN4O7. The van der Waals surface area contributed by atoms with Crippen LogP contribution >= 0.6 is 15.9 Å². The first-order chi connectivity index (χ1) is 24.9. The first-order valence-electron chi connectivity index (χ1n) is 18.1. The highest BCUT2D eigenvalue weighted by molar-refractivity contribution is 9.10. The average Bonchev–Trinajstić information content (AvgIpc) is 3.62. The highest BCUT2D eigenvalue weighted by atomic mass is 79.9. The number of alkyl carbamates (subject to hydrolysis) is 1. The quantitative estimate of drug-likeness (QED) is 0.205. The summed E-state index contributed by atoms with van der Waals surface area (Å²) in [5.41, 5.74) is 0.409. The number of pyridine rings is 1. The lowest BCUT2D eigenvalue weighted by Crippen LogP contribution is -2.56. The Morgan fingerprint density at radius 2 is 1.88 bits per heavy atom. The van der Waals surface area contributed by atoms with Gasteiger partial charge in [-0.2, -0.15) is 0 Å². The molecule has 3 aromatic rings. The number of carbonyl (C=O) groups excluding carboxylic acids is 4. The molecule has 1 aromatic heterocycles. The monoisotopic (exact) mass is 774 g/mol. The van der Waals surface area contributed by atoms with Gasteiger partial charge in [0.1, 0.15) is 29.3 Å². The molecule has 276 valence electrons. The fourth-order valence-corrected chi connectivity index (χ4v) is 7.45. The standard InChI is InChI=1S/C40H47BrN4O7/c1-5-50-37(48)40-23-27(40)16-9-7-6-8-10-19-32(43-38(49)52-39(2,3)4)36(47)45-24-29(22-33(45)34(46)44-40)51-35-30(25-15-13-17-28(41)20-25)21-26-14-11-12-18-31(26)42-35/h9,11-18,20-21,27,29,32-33H,5-8,10,19,22-24H2,1-4H3,(H,43,49)(H,44,46)/b16-9-/t27-,29-,32+,33+,40-/m1/s1. The number of allylic oxidation sites excluding steroid dienone is 1. The second-order valence-electron chi connectivity index (χ2n) is 14.8. The zero-order chi connectivity index (χ0) is 37.0. The number of para-hydroxylation sites is 1. The van der Waals surface area contributed by atoms with Gasteiger partial charge in [-0.25, -0.2) is 14.6 Å². The number of esters is 1.